The SMILES string of the molecule is Cc1cc(C(F)(F)F)nn1C(=O)c1ccc(Cl)c(Cl)c1. The van der Waals surface area contributed by atoms with Crippen molar-refractivity contribution in [2.45, 2.75) is 13.1 Å². The minimum atomic E-state index is -4.60. The van der Waals surface area contributed by atoms with E-state index in [9.17, 15) is 18.0 Å². The molecule has 3 nitrogen and oxygen atoms in total. The number of carbonyl (C=O) groups excluding carboxylic acids is 1. The molecule has 0 saturated carbocycles. The topological polar surface area (TPSA) is 34.9 Å². The van der Waals surface area contributed by atoms with Crippen LogP contribution in [-0.2, 0) is 6.18 Å². The number of aryl methyl sites for hydroxylation is 1. The van der Waals surface area contributed by atoms with Gasteiger partial charge < -0.3 is 0 Å². The van der Waals surface area contributed by atoms with Gasteiger partial charge in [-0.1, -0.05) is 23.2 Å². The molecule has 0 unspecified atom stereocenters. The Labute approximate surface area is 121 Å². The third-order valence-corrected chi connectivity index (χ3v) is 3.28. The Morgan fingerprint density at radius 3 is 2.35 bits per heavy atom. The molecule has 1 heterocycles. The lowest BCUT2D eigenvalue weighted by Crippen LogP contribution is -2.16. The Hall–Kier alpha value is -1.53. The number of hydrogen-bond acceptors (Lipinski definition) is 2. The molecule has 0 saturated heterocycles. The van der Waals surface area contributed by atoms with Crippen molar-refractivity contribution in [1.82, 2.24) is 9.78 Å². The highest BCUT2D eigenvalue weighted by Crippen LogP contribution is 2.29. The van der Waals surface area contributed by atoms with Gasteiger partial charge in [-0.05, 0) is 31.2 Å². The van der Waals surface area contributed by atoms with Gasteiger partial charge in [-0.15, -0.1) is 0 Å². The first-order chi connectivity index (χ1) is 9.20. The van der Waals surface area contributed by atoms with E-state index in [2.05, 4.69) is 5.10 Å². The first-order valence-corrected chi connectivity index (χ1v) is 6.09. The maximum absolute atomic E-state index is 12.5. The van der Waals surface area contributed by atoms with Gasteiger partial charge in [0.05, 0.1) is 10.0 Å². The van der Waals surface area contributed by atoms with Gasteiger partial charge in [0.1, 0.15) is 0 Å². The summed E-state index contributed by atoms with van der Waals surface area (Å²) in [6.45, 7) is 1.36. The fourth-order valence-electron chi connectivity index (χ4n) is 1.57. The lowest BCUT2D eigenvalue weighted by atomic mass is 10.2. The Kier molecular flexibility index (Phi) is 3.80. The van der Waals surface area contributed by atoms with Crippen LogP contribution in [0.2, 0.25) is 10.0 Å². The standard InChI is InChI=1S/C12H7Cl2F3N2O/c1-6-4-10(12(15,16)17)18-19(6)11(20)7-2-3-8(13)9(14)5-7/h2-5H,1H3. The Morgan fingerprint density at radius 1 is 1.20 bits per heavy atom. The van der Waals surface area contributed by atoms with Crippen LogP contribution in [0.1, 0.15) is 21.7 Å². The average molecular weight is 323 g/mol. The van der Waals surface area contributed by atoms with Crippen molar-refractivity contribution >= 4 is 29.1 Å². The van der Waals surface area contributed by atoms with Crippen molar-refractivity contribution in [3.8, 4) is 0 Å². The molecule has 0 aliphatic carbocycles. The molecule has 20 heavy (non-hydrogen) atoms. The van der Waals surface area contributed by atoms with E-state index in [0.717, 1.165) is 6.07 Å². The number of hydrogen-bond donors (Lipinski definition) is 0. The van der Waals surface area contributed by atoms with Crippen molar-refractivity contribution in [2.75, 3.05) is 0 Å². The van der Waals surface area contributed by atoms with Crippen molar-refractivity contribution < 1.29 is 18.0 Å². The largest absolute Gasteiger partial charge is 0.435 e. The summed E-state index contributed by atoms with van der Waals surface area (Å²) < 4.78 is 38.3. The highest BCUT2D eigenvalue weighted by atomic mass is 35.5. The number of rotatable bonds is 1. The average Bonchev–Trinajstić information content (AvgIpc) is 2.74. The molecule has 0 spiro atoms. The molecule has 0 N–H and O–H groups in total. The fraction of sp³-hybridized carbons (Fsp3) is 0.167. The second-order valence-electron chi connectivity index (χ2n) is 4.01. The lowest BCUT2D eigenvalue weighted by molar-refractivity contribution is -0.141. The molecule has 0 fully saturated rings. The van der Waals surface area contributed by atoms with Gasteiger partial charge in [-0.3, -0.25) is 4.79 Å². The number of aromatic nitrogens is 2. The predicted molar refractivity (Wildman–Crippen MR) is 68.2 cm³/mol. The summed E-state index contributed by atoms with van der Waals surface area (Å²) >= 11 is 11.5. The Morgan fingerprint density at radius 2 is 1.85 bits per heavy atom. The third-order valence-electron chi connectivity index (χ3n) is 2.54. The van der Waals surface area contributed by atoms with Gasteiger partial charge in [0.2, 0.25) is 0 Å². The first-order valence-electron chi connectivity index (χ1n) is 5.34. The van der Waals surface area contributed by atoms with Crippen LogP contribution < -0.4 is 0 Å². The molecule has 1 aromatic carbocycles. The molecular weight excluding hydrogens is 316 g/mol. The van der Waals surface area contributed by atoms with E-state index in [1.54, 1.807) is 0 Å². The predicted octanol–water partition coefficient (Wildman–Crippen LogP) is 4.21. The molecule has 0 radical (unpaired) electrons. The number of nitrogens with zero attached hydrogens (tertiary/aromatic N) is 2. The minimum Gasteiger partial charge on any atom is -0.267 e. The zero-order valence-electron chi connectivity index (χ0n) is 10.0. The molecule has 1 aromatic heterocycles. The van der Waals surface area contributed by atoms with Crippen molar-refractivity contribution in [3.05, 3.63) is 51.3 Å². The van der Waals surface area contributed by atoms with Crippen molar-refractivity contribution in [1.29, 1.82) is 0 Å². The van der Waals surface area contributed by atoms with Crippen LogP contribution in [0.5, 0.6) is 0 Å². The highest BCUT2D eigenvalue weighted by Gasteiger charge is 2.35. The quantitative estimate of drug-likeness (QED) is 0.788. The molecule has 2 rings (SSSR count). The second kappa shape index (κ2) is 5.10. The van der Waals surface area contributed by atoms with E-state index in [-0.39, 0.29) is 21.3 Å². The lowest BCUT2D eigenvalue weighted by Gasteiger charge is -2.05. The normalized spacial score (nSPS) is 11.7. The first kappa shape index (κ1) is 14.9. The van der Waals surface area contributed by atoms with Crippen LogP contribution in [0.15, 0.2) is 24.3 Å². The summed E-state index contributed by atoms with van der Waals surface area (Å²) in [4.78, 5) is 12.1. The smallest absolute Gasteiger partial charge is 0.267 e. The van der Waals surface area contributed by atoms with Crippen molar-refractivity contribution in [3.63, 3.8) is 0 Å². The van der Waals surface area contributed by atoms with Crippen LogP contribution in [0, 0.1) is 6.92 Å². The maximum Gasteiger partial charge on any atom is 0.435 e. The van der Waals surface area contributed by atoms with Crippen LogP contribution in [0.3, 0.4) is 0 Å². The summed E-state index contributed by atoms with van der Waals surface area (Å²) in [5.74, 6) is -0.712. The monoisotopic (exact) mass is 322 g/mol. The number of halogens is 5. The minimum absolute atomic E-state index is 0.0772. The van der Waals surface area contributed by atoms with Crippen LogP contribution in [-0.4, -0.2) is 15.7 Å². The summed E-state index contributed by atoms with van der Waals surface area (Å²) in [6.07, 6.45) is -4.60. The summed E-state index contributed by atoms with van der Waals surface area (Å²) in [6, 6.07) is 4.83. The van der Waals surface area contributed by atoms with Crippen molar-refractivity contribution in [2.24, 2.45) is 0 Å². The van der Waals surface area contributed by atoms with Crippen LogP contribution >= 0.6 is 23.2 Å². The number of benzene rings is 1. The molecule has 0 atom stereocenters. The molecule has 0 aliphatic rings. The molecule has 0 aliphatic heterocycles. The van der Waals surface area contributed by atoms with Gasteiger partial charge in [-0.25, -0.2) is 4.68 Å². The molecule has 0 amide bonds. The Balaban J connectivity index is 2.43. The zero-order chi connectivity index (χ0) is 15.1. The van der Waals surface area contributed by atoms with E-state index < -0.39 is 17.8 Å². The van der Waals surface area contributed by atoms with E-state index in [0.29, 0.717) is 4.68 Å². The van der Waals surface area contributed by atoms with E-state index in [4.69, 9.17) is 23.2 Å². The summed E-state index contributed by atoms with van der Waals surface area (Å²) in [5.41, 5.74) is -0.948. The fourth-order valence-corrected chi connectivity index (χ4v) is 1.87. The second-order valence-corrected chi connectivity index (χ2v) is 4.83. The summed E-state index contributed by atoms with van der Waals surface area (Å²) in [5, 5.41) is 3.66. The van der Waals surface area contributed by atoms with E-state index in [1.165, 1.54) is 25.1 Å². The van der Waals surface area contributed by atoms with Gasteiger partial charge >= 0.3 is 6.18 Å². The van der Waals surface area contributed by atoms with Gasteiger partial charge in [0.15, 0.2) is 5.69 Å². The highest BCUT2D eigenvalue weighted by molar-refractivity contribution is 6.42. The third kappa shape index (κ3) is 2.81. The molecule has 2 aromatic rings. The van der Waals surface area contributed by atoms with Gasteiger partial charge in [0.25, 0.3) is 5.91 Å². The van der Waals surface area contributed by atoms with E-state index >= 15 is 0 Å². The molecule has 8 heteroatoms. The number of carbonyl (C=O) groups is 1. The van der Waals surface area contributed by atoms with E-state index in [1.807, 2.05) is 0 Å². The molecule has 0 bridgehead atoms. The maximum atomic E-state index is 12.5. The van der Waals surface area contributed by atoms with Crippen LogP contribution in [0.25, 0.3) is 0 Å². The van der Waals surface area contributed by atoms with Gasteiger partial charge in [-0.2, -0.15) is 18.3 Å². The van der Waals surface area contributed by atoms with Gasteiger partial charge in [0, 0.05) is 11.3 Å². The Bertz CT molecular complexity index is 680. The molecule has 106 valence electrons. The molecular formula is C12H7Cl2F3N2O. The summed E-state index contributed by atoms with van der Waals surface area (Å²) in [7, 11) is 0. The van der Waals surface area contributed by atoms with Crippen LogP contribution in [0.4, 0.5) is 13.2 Å². The number of alkyl halides is 3. The zero-order valence-corrected chi connectivity index (χ0v) is 11.5.